The zero-order valence-electron chi connectivity index (χ0n) is 8.28. The van der Waals surface area contributed by atoms with Crippen LogP contribution in [-0.2, 0) is 0 Å². The lowest BCUT2D eigenvalue weighted by molar-refractivity contribution is -0.138. The number of nitrogens with one attached hydrogen (secondary N) is 1. The van der Waals surface area contributed by atoms with Crippen molar-refractivity contribution in [2.45, 2.75) is 25.6 Å². The Hall–Kier alpha value is -0.290. The molecule has 0 spiro atoms. The Bertz CT molecular complexity index is 136. The van der Waals surface area contributed by atoms with Crippen molar-refractivity contribution in [2.75, 3.05) is 27.2 Å². The standard InChI is InChI=1S/C8H17F3N2/c1-7(6-12-2)13(3)5-4-8(9,10)11/h7,12H,4-6H2,1-3H3. The highest BCUT2D eigenvalue weighted by Gasteiger charge is 2.27. The molecule has 0 amide bonds. The molecule has 0 aliphatic rings. The first-order valence-corrected chi connectivity index (χ1v) is 4.28. The molecule has 1 N–H and O–H groups in total. The van der Waals surface area contributed by atoms with Gasteiger partial charge >= 0.3 is 6.18 Å². The summed E-state index contributed by atoms with van der Waals surface area (Å²) in [6.45, 7) is 2.66. The van der Waals surface area contributed by atoms with E-state index >= 15 is 0 Å². The zero-order chi connectivity index (χ0) is 10.5. The molecule has 1 atom stereocenters. The summed E-state index contributed by atoms with van der Waals surface area (Å²) in [5, 5.41) is 2.92. The summed E-state index contributed by atoms with van der Waals surface area (Å²) in [7, 11) is 3.49. The molecule has 0 heterocycles. The molecule has 0 aromatic heterocycles. The van der Waals surface area contributed by atoms with Crippen LogP contribution in [0.5, 0.6) is 0 Å². The average Bonchev–Trinajstić information content (AvgIpc) is 1.99. The predicted octanol–water partition coefficient (Wildman–Crippen LogP) is 1.48. The second-order valence-electron chi connectivity index (χ2n) is 3.25. The maximum Gasteiger partial charge on any atom is 0.390 e. The number of hydrogen-bond acceptors (Lipinski definition) is 2. The van der Waals surface area contributed by atoms with Gasteiger partial charge in [0.15, 0.2) is 0 Å². The van der Waals surface area contributed by atoms with Gasteiger partial charge in [-0.3, -0.25) is 0 Å². The highest BCUT2D eigenvalue weighted by Crippen LogP contribution is 2.19. The van der Waals surface area contributed by atoms with Gasteiger partial charge in [0.05, 0.1) is 6.42 Å². The number of alkyl halides is 3. The lowest BCUT2D eigenvalue weighted by atomic mass is 10.2. The molecule has 0 rings (SSSR count). The van der Waals surface area contributed by atoms with E-state index in [0.29, 0.717) is 6.54 Å². The quantitative estimate of drug-likeness (QED) is 0.719. The predicted molar refractivity (Wildman–Crippen MR) is 46.7 cm³/mol. The normalized spacial score (nSPS) is 15.0. The minimum absolute atomic E-state index is 0.0619. The van der Waals surface area contributed by atoms with Gasteiger partial charge in [-0.05, 0) is 21.0 Å². The Balaban J connectivity index is 3.67. The molecule has 13 heavy (non-hydrogen) atoms. The largest absolute Gasteiger partial charge is 0.390 e. The van der Waals surface area contributed by atoms with E-state index < -0.39 is 12.6 Å². The molecule has 0 aliphatic heterocycles. The molecular weight excluding hydrogens is 181 g/mol. The summed E-state index contributed by atoms with van der Waals surface area (Å²) in [5.74, 6) is 0. The molecule has 0 aliphatic carbocycles. The van der Waals surface area contributed by atoms with E-state index in [-0.39, 0.29) is 12.6 Å². The van der Waals surface area contributed by atoms with Crippen molar-refractivity contribution in [3.63, 3.8) is 0 Å². The van der Waals surface area contributed by atoms with Gasteiger partial charge in [0.25, 0.3) is 0 Å². The smallest absolute Gasteiger partial charge is 0.318 e. The SMILES string of the molecule is CNCC(C)N(C)CCC(F)(F)F. The van der Waals surface area contributed by atoms with Crippen LogP contribution < -0.4 is 5.32 Å². The molecular formula is C8H17F3N2. The van der Waals surface area contributed by atoms with E-state index in [0.717, 1.165) is 0 Å². The summed E-state index contributed by atoms with van der Waals surface area (Å²) in [5.41, 5.74) is 0. The van der Waals surface area contributed by atoms with Crippen LogP contribution in [0.1, 0.15) is 13.3 Å². The summed E-state index contributed by atoms with van der Waals surface area (Å²) in [6, 6.07) is 0.132. The third-order valence-corrected chi connectivity index (χ3v) is 2.00. The Morgan fingerprint density at radius 1 is 1.38 bits per heavy atom. The number of halogens is 3. The highest BCUT2D eigenvalue weighted by molar-refractivity contribution is 4.66. The van der Waals surface area contributed by atoms with Gasteiger partial charge in [-0.25, -0.2) is 0 Å². The molecule has 80 valence electrons. The van der Waals surface area contributed by atoms with Gasteiger partial charge in [-0.2, -0.15) is 13.2 Å². The molecule has 0 saturated heterocycles. The van der Waals surface area contributed by atoms with Crippen LogP contribution in [0.15, 0.2) is 0 Å². The molecule has 2 nitrogen and oxygen atoms in total. The van der Waals surface area contributed by atoms with Crippen LogP contribution in [0.4, 0.5) is 13.2 Å². The summed E-state index contributed by atoms with van der Waals surface area (Å²) in [6.07, 6.45) is -4.79. The highest BCUT2D eigenvalue weighted by atomic mass is 19.4. The third-order valence-electron chi connectivity index (χ3n) is 2.00. The van der Waals surface area contributed by atoms with Crippen LogP contribution in [0.25, 0.3) is 0 Å². The van der Waals surface area contributed by atoms with Crippen LogP contribution in [-0.4, -0.2) is 44.3 Å². The molecule has 5 heteroatoms. The third kappa shape index (κ3) is 6.83. The van der Waals surface area contributed by atoms with Crippen LogP contribution in [0, 0.1) is 0 Å². The fourth-order valence-corrected chi connectivity index (χ4v) is 0.975. The molecule has 1 unspecified atom stereocenters. The fraction of sp³-hybridized carbons (Fsp3) is 1.00. The second-order valence-corrected chi connectivity index (χ2v) is 3.25. The maximum atomic E-state index is 11.8. The van der Waals surface area contributed by atoms with Crippen molar-refractivity contribution in [3.8, 4) is 0 Å². The second kappa shape index (κ2) is 5.44. The van der Waals surface area contributed by atoms with E-state index in [2.05, 4.69) is 5.32 Å². The van der Waals surface area contributed by atoms with Crippen molar-refractivity contribution in [2.24, 2.45) is 0 Å². The molecule has 0 saturated carbocycles. The molecule has 0 aromatic rings. The number of nitrogens with zero attached hydrogens (tertiary/aromatic N) is 1. The minimum atomic E-state index is -4.05. The van der Waals surface area contributed by atoms with Gasteiger partial charge in [-0.1, -0.05) is 0 Å². The van der Waals surface area contributed by atoms with Crippen molar-refractivity contribution in [1.29, 1.82) is 0 Å². The molecule has 0 fully saturated rings. The maximum absolute atomic E-state index is 11.8. The van der Waals surface area contributed by atoms with Gasteiger partial charge < -0.3 is 10.2 Å². The van der Waals surface area contributed by atoms with Crippen molar-refractivity contribution in [3.05, 3.63) is 0 Å². The lowest BCUT2D eigenvalue weighted by Gasteiger charge is -2.24. The Kier molecular flexibility index (Phi) is 5.32. The van der Waals surface area contributed by atoms with Gasteiger partial charge in [0, 0.05) is 19.1 Å². The van der Waals surface area contributed by atoms with E-state index in [9.17, 15) is 13.2 Å². The van der Waals surface area contributed by atoms with E-state index in [1.54, 1.807) is 19.0 Å². The minimum Gasteiger partial charge on any atom is -0.318 e. The monoisotopic (exact) mass is 198 g/mol. The lowest BCUT2D eigenvalue weighted by Crippen LogP contribution is -2.38. The van der Waals surface area contributed by atoms with E-state index in [1.807, 2.05) is 6.92 Å². The Labute approximate surface area is 77.1 Å². The van der Waals surface area contributed by atoms with Crippen molar-refractivity contribution < 1.29 is 13.2 Å². The van der Waals surface area contributed by atoms with Crippen molar-refractivity contribution >= 4 is 0 Å². The summed E-state index contributed by atoms with van der Waals surface area (Å²) < 4.78 is 35.5. The first-order valence-electron chi connectivity index (χ1n) is 4.28. The number of likely N-dealkylation sites (N-methyl/N-ethyl adjacent to an activating group) is 2. The van der Waals surface area contributed by atoms with Crippen LogP contribution in [0.3, 0.4) is 0 Å². The molecule has 0 bridgehead atoms. The molecule has 0 aromatic carbocycles. The van der Waals surface area contributed by atoms with Gasteiger partial charge in [0.1, 0.15) is 0 Å². The number of hydrogen-bond donors (Lipinski definition) is 1. The fourth-order valence-electron chi connectivity index (χ4n) is 0.975. The molecule has 0 radical (unpaired) electrons. The van der Waals surface area contributed by atoms with E-state index in [1.165, 1.54) is 0 Å². The topological polar surface area (TPSA) is 15.3 Å². The Morgan fingerprint density at radius 2 is 1.92 bits per heavy atom. The van der Waals surface area contributed by atoms with Gasteiger partial charge in [0.2, 0.25) is 0 Å². The zero-order valence-corrected chi connectivity index (χ0v) is 8.28. The Morgan fingerprint density at radius 3 is 2.31 bits per heavy atom. The van der Waals surface area contributed by atoms with Crippen molar-refractivity contribution in [1.82, 2.24) is 10.2 Å². The first kappa shape index (κ1) is 12.7. The van der Waals surface area contributed by atoms with Crippen LogP contribution >= 0.6 is 0 Å². The summed E-state index contributed by atoms with van der Waals surface area (Å²) >= 11 is 0. The van der Waals surface area contributed by atoms with E-state index in [4.69, 9.17) is 0 Å². The number of rotatable bonds is 5. The average molecular weight is 198 g/mol. The first-order chi connectivity index (χ1) is 5.87. The van der Waals surface area contributed by atoms with Gasteiger partial charge in [-0.15, -0.1) is 0 Å². The van der Waals surface area contributed by atoms with Crippen LogP contribution in [0.2, 0.25) is 0 Å². The summed E-state index contributed by atoms with van der Waals surface area (Å²) in [4.78, 5) is 1.70.